The van der Waals surface area contributed by atoms with Crippen molar-refractivity contribution in [3.63, 3.8) is 0 Å². The minimum absolute atomic E-state index is 0.0185. The Morgan fingerprint density at radius 1 is 1.17 bits per heavy atom. The van der Waals surface area contributed by atoms with Crippen LogP contribution < -0.4 is 14.8 Å². The van der Waals surface area contributed by atoms with Gasteiger partial charge in [-0.05, 0) is 42.3 Å². The Kier molecular flexibility index (Phi) is 3.78. The molecule has 0 N–H and O–H groups in total. The molecule has 0 fully saturated rings. The summed E-state index contributed by atoms with van der Waals surface area (Å²) < 4.78 is 7.95. The molecule has 120 valence electrons. The molecule has 0 saturated carbocycles. The standard InChI is InChI=1S/C19H16N2O2S/c1-2-11-23-14-9-7-13(8-10-14)12-17-18(22)21-16-6-4-3-5-15(16)20-19(21)24-17/h3-10,12H,2,11H2,1H3/b17-12-. The summed E-state index contributed by atoms with van der Waals surface area (Å²) >= 11 is 1.42. The molecular weight excluding hydrogens is 320 g/mol. The maximum absolute atomic E-state index is 12.7. The Labute approximate surface area is 142 Å². The maximum atomic E-state index is 12.7. The minimum atomic E-state index is -0.0185. The third kappa shape index (κ3) is 2.57. The number of hydrogen-bond acceptors (Lipinski definition) is 4. The third-order valence-electron chi connectivity index (χ3n) is 3.80. The van der Waals surface area contributed by atoms with Crippen LogP contribution in [0.5, 0.6) is 5.75 Å². The molecule has 0 spiro atoms. The van der Waals surface area contributed by atoms with Crippen molar-refractivity contribution in [3.8, 4) is 5.75 Å². The maximum Gasteiger partial charge on any atom is 0.274 e. The van der Waals surface area contributed by atoms with Gasteiger partial charge in [-0.25, -0.2) is 9.38 Å². The largest absolute Gasteiger partial charge is 0.494 e. The van der Waals surface area contributed by atoms with Gasteiger partial charge in [-0.1, -0.05) is 42.5 Å². The molecule has 2 aromatic heterocycles. The molecule has 0 radical (unpaired) electrons. The molecule has 0 unspecified atom stereocenters. The zero-order valence-corrected chi connectivity index (χ0v) is 14.0. The first-order valence-corrected chi connectivity index (χ1v) is 8.72. The monoisotopic (exact) mass is 336 g/mol. The first-order chi connectivity index (χ1) is 11.8. The van der Waals surface area contributed by atoms with Gasteiger partial charge >= 0.3 is 0 Å². The molecule has 4 nitrogen and oxygen atoms in total. The van der Waals surface area contributed by atoms with Crippen molar-refractivity contribution >= 4 is 33.4 Å². The van der Waals surface area contributed by atoms with E-state index in [1.807, 2.05) is 54.6 Å². The molecule has 0 saturated heterocycles. The van der Waals surface area contributed by atoms with Gasteiger partial charge in [0.2, 0.25) is 0 Å². The molecule has 0 aliphatic heterocycles. The van der Waals surface area contributed by atoms with Crippen LogP contribution in [0.15, 0.2) is 53.3 Å². The number of hydrogen-bond donors (Lipinski definition) is 0. The second kappa shape index (κ2) is 6.09. The predicted octanol–water partition coefficient (Wildman–Crippen LogP) is 3.25. The normalized spacial score (nSPS) is 12.3. The molecule has 0 aliphatic carbocycles. The van der Waals surface area contributed by atoms with E-state index < -0.39 is 0 Å². The van der Waals surface area contributed by atoms with Crippen molar-refractivity contribution in [1.82, 2.24) is 9.38 Å². The van der Waals surface area contributed by atoms with Gasteiger partial charge in [-0.15, -0.1) is 0 Å². The summed E-state index contributed by atoms with van der Waals surface area (Å²) in [6, 6.07) is 15.5. The Hall–Kier alpha value is -2.66. The minimum Gasteiger partial charge on any atom is -0.494 e. The molecular formula is C19H16N2O2S. The number of para-hydroxylation sites is 2. The first-order valence-electron chi connectivity index (χ1n) is 7.91. The summed E-state index contributed by atoms with van der Waals surface area (Å²) in [5.74, 6) is 0.850. The average molecular weight is 336 g/mol. The predicted molar refractivity (Wildman–Crippen MR) is 97.9 cm³/mol. The fourth-order valence-corrected chi connectivity index (χ4v) is 3.63. The number of benzene rings is 2. The van der Waals surface area contributed by atoms with E-state index in [0.29, 0.717) is 11.1 Å². The second-order valence-corrected chi connectivity index (χ2v) is 6.56. The van der Waals surface area contributed by atoms with Crippen molar-refractivity contribution in [3.05, 3.63) is 69.0 Å². The lowest BCUT2D eigenvalue weighted by Gasteiger charge is -2.03. The van der Waals surface area contributed by atoms with Crippen LogP contribution >= 0.6 is 11.3 Å². The third-order valence-corrected chi connectivity index (χ3v) is 4.76. The summed E-state index contributed by atoms with van der Waals surface area (Å²) in [6.07, 6.45) is 2.89. The van der Waals surface area contributed by atoms with Gasteiger partial charge in [-0.2, -0.15) is 0 Å². The van der Waals surface area contributed by atoms with Crippen molar-refractivity contribution in [2.24, 2.45) is 0 Å². The lowest BCUT2D eigenvalue weighted by Crippen LogP contribution is -2.22. The molecule has 4 rings (SSSR count). The fraction of sp³-hybridized carbons (Fsp3) is 0.158. The summed E-state index contributed by atoms with van der Waals surface area (Å²) in [7, 11) is 0. The molecule has 0 atom stereocenters. The van der Waals surface area contributed by atoms with Crippen molar-refractivity contribution < 1.29 is 4.74 Å². The molecule has 4 aromatic rings. The van der Waals surface area contributed by atoms with Crippen molar-refractivity contribution in [1.29, 1.82) is 0 Å². The Morgan fingerprint density at radius 3 is 2.75 bits per heavy atom. The van der Waals surface area contributed by atoms with Crippen LogP contribution in [-0.4, -0.2) is 16.0 Å². The highest BCUT2D eigenvalue weighted by atomic mass is 32.1. The van der Waals surface area contributed by atoms with E-state index in [9.17, 15) is 4.79 Å². The second-order valence-electron chi connectivity index (χ2n) is 5.55. The lowest BCUT2D eigenvalue weighted by molar-refractivity contribution is 0.317. The van der Waals surface area contributed by atoms with Gasteiger partial charge in [0.15, 0.2) is 4.96 Å². The van der Waals surface area contributed by atoms with Gasteiger partial charge in [0.25, 0.3) is 5.56 Å². The molecule has 5 heteroatoms. The number of thiazole rings is 1. The van der Waals surface area contributed by atoms with Crippen LogP contribution in [0, 0.1) is 0 Å². The van der Waals surface area contributed by atoms with Crippen LogP contribution in [0.3, 0.4) is 0 Å². The number of nitrogens with zero attached hydrogens (tertiary/aromatic N) is 2. The molecule has 24 heavy (non-hydrogen) atoms. The van der Waals surface area contributed by atoms with E-state index in [2.05, 4.69) is 11.9 Å². The van der Waals surface area contributed by atoms with Crippen LogP contribution in [0.4, 0.5) is 0 Å². The van der Waals surface area contributed by atoms with Gasteiger partial charge < -0.3 is 4.74 Å². The molecule has 2 aromatic carbocycles. The number of rotatable bonds is 4. The SMILES string of the molecule is CCCOc1ccc(/C=c2\sc3nc4ccccc4n3c2=O)cc1. The summed E-state index contributed by atoms with van der Waals surface area (Å²) in [5, 5.41) is 0. The first kappa shape index (κ1) is 14.9. The quantitative estimate of drug-likeness (QED) is 0.575. The van der Waals surface area contributed by atoms with Crippen LogP contribution in [-0.2, 0) is 0 Å². The van der Waals surface area contributed by atoms with Gasteiger partial charge in [0, 0.05) is 0 Å². The molecule has 0 amide bonds. The smallest absolute Gasteiger partial charge is 0.274 e. The fourth-order valence-electron chi connectivity index (χ4n) is 2.64. The van der Waals surface area contributed by atoms with Crippen molar-refractivity contribution in [2.45, 2.75) is 13.3 Å². The van der Waals surface area contributed by atoms with Crippen molar-refractivity contribution in [2.75, 3.05) is 6.61 Å². The molecule has 0 bridgehead atoms. The molecule has 2 heterocycles. The van der Waals surface area contributed by atoms with Gasteiger partial charge in [-0.3, -0.25) is 4.79 Å². The van der Waals surface area contributed by atoms with E-state index in [4.69, 9.17) is 4.74 Å². The Balaban J connectivity index is 1.77. The summed E-state index contributed by atoms with van der Waals surface area (Å²) in [5.41, 5.74) is 2.67. The zero-order valence-electron chi connectivity index (χ0n) is 13.2. The number of imidazole rings is 1. The van der Waals surface area contributed by atoms with Gasteiger partial charge in [0.05, 0.1) is 22.2 Å². The molecule has 0 aliphatic rings. The van der Waals surface area contributed by atoms with Crippen LogP contribution in [0.25, 0.3) is 22.1 Å². The van der Waals surface area contributed by atoms with Crippen LogP contribution in [0.2, 0.25) is 0 Å². The average Bonchev–Trinajstić information content (AvgIpc) is 3.11. The van der Waals surface area contributed by atoms with E-state index >= 15 is 0 Å². The lowest BCUT2D eigenvalue weighted by atomic mass is 10.2. The highest BCUT2D eigenvalue weighted by Gasteiger charge is 2.10. The van der Waals surface area contributed by atoms with Crippen LogP contribution in [0.1, 0.15) is 18.9 Å². The number of fused-ring (bicyclic) bond motifs is 3. The Bertz CT molecular complexity index is 1110. The van der Waals surface area contributed by atoms with E-state index in [1.165, 1.54) is 11.3 Å². The highest BCUT2D eigenvalue weighted by molar-refractivity contribution is 7.15. The topological polar surface area (TPSA) is 43.6 Å². The van der Waals surface area contributed by atoms with E-state index in [1.54, 1.807) is 4.40 Å². The number of aromatic nitrogens is 2. The zero-order chi connectivity index (χ0) is 16.5. The number of ether oxygens (including phenoxy) is 1. The summed E-state index contributed by atoms with van der Waals surface area (Å²) in [6.45, 7) is 2.79. The Morgan fingerprint density at radius 2 is 1.96 bits per heavy atom. The summed E-state index contributed by atoms with van der Waals surface area (Å²) in [4.78, 5) is 18.0. The highest BCUT2D eigenvalue weighted by Crippen LogP contribution is 2.16. The van der Waals surface area contributed by atoms with E-state index in [-0.39, 0.29) is 5.56 Å². The van der Waals surface area contributed by atoms with Gasteiger partial charge in [0.1, 0.15) is 5.75 Å². The van der Waals surface area contributed by atoms with E-state index in [0.717, 1.165) is 33.7 Å².